The van der Waals surface area contributed by atoms with Crippen molar-refractivity contribution < 1.29 is 19.1 Å². The Morgan fingerprint density at radius 1 is 1.45 bits per heavy atom. The highest BCUT2D eigenvalue weighted by atomic mass is 79.9. The maximum Gasteiger partial charge on any atom is 0.326 e. The smallest absolute Gasteiger partial charge is 0.326 e. The van der Waals surface area contributed by atoms with Gasteiger partial charge in [0.2, 0.25) is 5.91 Å². The Morgan fingerprint density at radius 2 is 2.10 bits per heavy atom. The van der Waals surface area contributed by atoms with Crippen LogP contribution in [0.4, 0.5) is 4.39 Å². The number of carbonyl (C=O) groups excluding carboxylic acids is 1. The van der Waals surface area contributed by atoms with Crippen LogP contribution in [-0.2, 0) is 16.0 Å². The summed E-state index contributed by atoms with van der Waals surface area (Å²) in [5.74, 6) is -2.11. The van der Waals surface area contributed by atoms with Gasteiger partial charge in [-0.05, 0) is 46.5 Å². The maximum absolute atomic E-state index is 13.1. The molecule has 20 heavy (non-hydrogen) atoms. The van der Waals surface area contributed by atoms with E-state index in [2.05, 4.69) is 21.2 Å². The molecule has 0 radical (unpaired) electrons. The minimum Gasteiger partial charge on any atom is -0.480 e. The van der Waals surface area contributed by atoms with Gasteiger partial charge < -0.3 is 10.4 Å². The van der Waals surface area contributed by atoms with E-state index in [0.717, 1.165) is 5.56 Å². The first-order chi connectivity index (χ1) is 9.35. The van der Waals surface area contributed by atoms with E-state index in [1.165, 1.54) is 6.07 Å². The van der Waals surface area contributed by atoms with Crippen molar-refractivity contribution in [2.75, 3.05) is 0 Å². The zero-order valence-corrected chi connectivity index (χ0v) is 12.9. The first-order valence-corrected chi connectivity index (χ1v) is 7.11. The number of carboxylic acids is 1. The SMILES string of the molecule is CCC(NC(=O)C(C)Cc1ccc(F)c(Br)c1)C(=O)O. The quantitative estimate of drug-likeness (QED) is 0.832. The normalized spacial score (nSPS) is 13.6. The number of nitrogens with one attached hydrogen (secondary N) is 1. The molecule has 1 amide bonds. The summed E-state index contributed by atoms with van der Waals surface area (Å²) in [4.78, 5) is 22.8. The van der Waals surface area contributed by atoms with Crippen LogP contribution in [0, 0.1) is 11.7 Å². The second-order valence-electron chi connectivity index (χ2n) is 4.66. The predicted molar refractivity (Wildman–Crippen MR) is 76.8 cm³/mol. The predicted octanol–water partition coefficient (Wildman–Crippen LogP) is 2.75. The van der Waals surface area contributed by atoms with Crippen molar-refractivity contribution in [1.82, 2.24) is 5.32 Å². The second kappa shape index (κ2) is 7.38. The Balaban J connectivity index is 2.65. The molecular weight excluding hydrogens is 329 g/mol. The summed E-state index contributed by atoms with van der Waals surface area (Å²) in [5, 5.41) is 11.4. The van der Waals surface area contributed by atoms with Gasteiger partial charge in [-0.1, -0.05) is 19.9 Å². The fourth-order valence-electron chi connectivity index (χ4n) is 1.77. The molecule has 0 spiro atoms. The van der Waals surface area contributed by atoms with Crippen LogP contribution in [-0.4, -0.2) is 23.0 Å². The van der Waals surface area contributed by atoms with Crippen LogP contribution in [0.15, 0.2) is 22.7 Å². The van der Waals surface area contributed by atoms with E-state index < -0.39 is 12.0 Å². The van der Waals surface area contributed by atoms with Crippen molar-refractivity contribution in [3.8, 4) is 0 Å². The Kier molecular flexibility index (Phi) is 6.13. The first-order valence-electron chi connectivity index (χ1n) is 6.32. The lowest BCUT2D eigenvalue weighted by Crippen LogP contribution is -2.43. The number of halogens is 2. The van der Waals surface area contributed by atoms with Crippen molar-refractivity contribution in [2.45, 2.75) is 32.7 Å². The maximum atomic E-state index is 13.1. The van der Waals surface area contributed by atoms with Crippen molar-refractivity contribution in [3.05, 3.63) is 34.1 Å². The third-order valence-electron chi connectivity index (χ3n) is 3.00. The number of hydrogen-bond acceptors (Lipinski definition) is 2. The topological polar surface area (TPSA) is 66.4 Å². The highest BCUT2D eigenvalue weighted by molar-refractivity contribution is 9.10. The molecule has 0 saturated carbocycles. The van der Waals surface area contributed by atoms with Crippen LogP contribution in [0.2, 0.25) is 0 Å². The number of benzene rings is 1. The zero-order valence-electron chi connectivity index (χ0n) is 11.3. The largest absolute Gasteiger partial charge is 0.480 e. The lowest BCUT2D eigenvalue weighted by atomic mass is 10.00. The second-order valence-corrected chi connectivity index (χ2v) is 5.52. The molecule has 1 aromatic rings. The minimum absolute atomic E-state index is 0.320. The highest BCUT2D eigenvalue weighted by Gasteiger charge is 2.21. The Morgan fingerprint density at radius 3 is 2.60 bits per heavy atom. The van der Waals surface area contributed by atoms with Crippen molar-refractivity contribution in [2.24, 2.45) is 5.92 Å². The Bertz CT molecular complexity index is 507. The zero-order chi connectivity index (χ0) is 15.3. The van der Waals surface area contributed by atoms with Gasteiger partial charge in [0.1, 0.15) is 11.9 Å². The van der Waals surface area contributed by atoms with E-state index in [-0.39, 0.29) is 17.6 Å². The van der Waals surface area contributed by atoms with Gasteiger partial charge in [-0.15, -0.1) is 0 Å². The number of rotatable bonds is 6. The molecule has 0 fully saturated rings. The Labute approximate surface area is 125 Å². The molecule has 0 aliphatic heterocycles. The summed E-state index contributed by atoms with van der Waals surface area (Å²) in [6.07, 6.45) is 0.747. The fourth-order valence-corrected chi connectivity index (χ4v) is 2.19. The third-order valence-corrected chi connectivity index (χ3v) is 3.60. The van der Waals surface area contributed by atoms with E-state index in [0.29, 0.717) is 17.3 Å². The van der Waals surface area contributed by atoms with Crippen LogP contribution >= 0.6 is 15.9 Å². The molecule has 1 rings (SSSR count). The summed E-state index contributed by atoms with van der Waals surface area (Å²) >= 11 is 3.09. The molecule has 0 aromatic heterocycles. The van der Waals surface area contributed by atoms with Gasteiger partial charge >= 0.3 is 5.97 Å². The summed E-state index contributed by atoms with van der Waals surface area (Å²) in [6.45, 7) is 3.40. The molecule has 4 nitrogen and oxygen atoms in total. The van der Waals surface area contributed by atoms with Gasteiger partial charge in [-0.2, -0.15) is 0 Å². The van der Waals surface area contributed by atoms with E-state index in [9.17, 15) is 14.0 Å². The molecular formula is C14H17BrFNO3. The number of amides is 1. The van der Waals surface area contributed by atoms with Crippen molar-refractivity contribution in [1.29, 1.82) is 0 Å². The van der Waals surface area contributed by atoms with Gasteiger partial charge in [-0.25, -0.2) is 9.18 Å². The van der Waals surface area contributed by atoms with E-state index in [4.69, 9.17) is 5.11 Å². The standard InChI is InChI=1S/C14H17BrFNO3/c1-3-12(14(19)20)17-13(18)8(2)6-9-4-5-11(16)10(15)7-9/h4-5,7-8,12H,3,6H2,1-2H3,(H,17,18)(H,19,20). The summed E-state index contributed by atoms with van der Waals surface area (Å²) < 4.78 is 13.5. The molecule has 0 aliphatic carbocycles. The molecule has 0 heterocycles. The average molecular weight is 346 g/mol. The number of carbonyl (C=O) groups is 2. The van der Waals surface area contributed by atoms with Crippen LogP contribution in [0.3, 0.4) is 0 Å². The van der Waals surface area contributed by atoms with E-state index in [1.54, 1.807) is 26.0 Å². The number of carboxylic acid groups (broad SMARTS) is 1. The number of hydrogen-bond donors (Lipinski definition) is 2. The summed E-state index contributed by atoms with van der Waals surface area (Å²) in [5.41, 5.74) is 0.810. The van der Waals surface area contributed by atoms with Gasteiger partial charge in [0.15, 0.2) is 0 Å². The molecule has 1 aromatic carbocycles. The monoisotopic (exact) mass is 345 g/mol. The molecule has 2 unspecified atom stereocenters. The summed E-state index contributed by atoms with van der Waals surface area (Å²) in [6, 6.07) is 3.69. The molecule has 0 saturated heterocycles. The molecule has 2 atom stereocenters. The highest BCUT2D eigenvalue weighted by Crippen LogP contribution is 2.19. The average Bonchev–Trinajstić information content (AvgIpc) is 2.39. The van der Waals surface area contributed by atoms with Crippen LogP contribution in [0.5, 0.6) is 0 Å². The van der Waals surface area contributed by atoms with E-state index >= 15 is 0 Å². The van der Waals surface area contributed by atoms with Crippen molar-refractivity contribution >= 4 is 27.8 Å². The van der Waals surface area contributed by atoms with Crippen LogP contribution in [0.1, 0.15) is 25.8 Å². The van der Waals surface area contributed by atoms with Gasteiger partial charge in [0, 0.05) is 5.92 Å². The third kappa shape index (κ3) is 4.59. The van der Waals surface area contributed by atoms with Gasteiger partial charge in [0.05, 0.1) is 4.47 Å². The molecule has 2 N–H and O–H groups in total. The number of aliphatic carboxylic acids is 1. The Hall–Kier alpha value is -1.43. The first kappa shape index (κ1) is 16.6. The lowest BCUT2D eigenvalue weighted by molar-refractivity contribution is -0.142. The van der Waals surface area contributed by atoms with Gasteiger partial charge in [0.25, 0.3) is 0 Å². The minimum atomic E-state index is -1.04. The van der Waals surface area contributed by atoms with Crippen LogP contribution in [0.25, 0.3) is 0 Å². The molecule has 0 bridgehead atoms. The van der Waals surface area contributed by atoms with Crippen LogP contribution < -0.4 is 5.32 Å². The lowest BCUT2D eigenvalue weighted by Gasteiger charge is -2.16. The fraction of sp³-hybridized carbons (Fsp3) is 0.429. The van der Waals surface area contributed by atoms with E-state index in [1.807, 2.05) is 0 Å². The van der Waals surface area contributed by atoms with Gasteiger partial charge in [-0.3, -0.25) is 4.79 Å². The van der Waals surface area contributed by atoms with Crippen molar-refractivity contribution in [3.63, 3.8) is 0 Å². The molecule has 0 aliphatic rings. The molecule has 6 heteroatoms. The molecule has 110 valence electrons. The summed E-state index contributed by atoms with van der Waals surface area (Å²) in [7, 11) is 0.